The van der Waals surface area contributed by atoms with Gasteiger partial charge in [-0.25, -0.2) is 4.99 Å². The average Bonchev–Trinajstić information content (AvgIpc) is 3.08. The topological polar surface area (TPSA) is 103 Å². The zero-order valence-corrected chi connectivity index (χ0v) is 20.7. The standard InChI is InChI=1S/C16H9Br4N5O2S/c17-9-1-7(13(26)11(19)3-9)5-21-15-24-25-16(28-15)23-22-6-8-2-10(18)4-12(20)14(8)27/h1-6,26-27H,(H,23,25). The van der Waals surface area contributed by atoms with Crippen LogP contribution in [0.2, 0.25) is 0 Å². The van der Waals surface area contributed by atoms with E-state index in [-0.39, 0.29) is 11.5 Å². The lowest BCUT2D eigenvalue weighted by molar-refractivity contribution is 0.470. The lowest BCUT2D eigenvalue weighted by Gasteiger charge is -2.02. The summed E-state index contributed by atoms with van der Waals surface area (Å²) in [5.74, 6) is 0.163. The molecule has 0 saturated carbocycles. The van der Waals surface area contributed by atoms with Crippen LogP contribution >= 0.6 is 75.1 Å². The zero-order valence-electron chi connectivity index (χ0n) is 13.6. The number of aromatic nitrogens is 2. The lowest BCUT2D eigenvalue weighted by Crippen LogP contribution is -1.91. The van der Waals surface area contributed by atoms with E-state index in [9.17, 15) is 10.2 Å². The van der Waals surface area contributed by atoms with Gasteiger partial charge in [-0.2, -0.15) is 5.10 Å². The van der Waals surface area contributed by atoms with Crippen molar-refractivity contribution in [2.45, 2.75) is 0 Å². The van der Waals surface area contributed by atoms with Crippen LogP contribution in [-0.4, -0.2) is 32.8 Å². The van der Waals surface area contributed by atoms with Crippen LogP contribution in [0.4, 0.5) is 10.3 Å². The Labute approximate surface area is 197 Å². The Kier molecular flexibility index (Phi) is 7.20. The number of hydrogen-bond donors (Lipinski definition) is 3. The molecular weight excluding hydrogens is 646 g/mol. The maximum atomic E-state index is 10.0. The number of nitrogens with one attached hydrogen (secondary N) is 1. The highest BCUT2D eigenvalue weighted by molar-refractivity contribution is 9.11. The van der Waals surface area contributed by atoms with Crippen LogP contribution in [0.15, 0.2) is 52.3 Å². The number of hydrogen-bond acceptors (Lipinski definition) is 8. The molecule has 2 aromatic carbocycles. The smallest absolute Gasteiger partial charge is 0.233 e. The van der Waals surface area contributed by atoms with Crippen molar-refractivity contribution in [2.75, 3.05) is 5.43 Å². The van der Waals surface area contributed by atoms with Gasteiger partial charge in [0.1, 0.15) is 11.5 Å². The molecule has 1 aromatic heterocycles. The second-order valence-electron chi connectivity index (χ2n) is 5.17. The predicted molar refractivity (Wildman–Crippen MR) is 125 cm³/mol. The van der Waals surface area contributed by atoms with Gasteiger partial charge in [0.2, 0.25) is 10.3 Å². The van der Waals surface area contributed by atoms with Crippen LogP contribution in [0.25, 0.3) is 0 Å². The summed E-state index contributed by atoms with van der Waals surface area (Å²) in [6.45, 7) is 0. The van der Waals surface area contributed by atoms with Gasteiger partial charge in [-0.15, -0.1) is 10.2 Å². The van der Waals surface area contributed by atoms with Gasteiger partial charge >= 0.3 is 0 Å². The van der Waals surface area contributed by atoms with Crippen molar-refractivity contribution in [3.63, 3.8) is 0 Å². The number of anilines is 1. The number of aromatic hydroxyl groups is 2. The summed E-state index contributed by atoms with van der Waals surface area (Å²) in [5.41, 5.74) is 3.79. The molecule has 144 valence electrons. The number of nitrogens with zero attached hydrogens (tertiary/aromatic N) is 4. The maximum absolute atomic E-state index is 10.0. The van der Waals surface area contributed by atoms with E-state index in [1.807, 2.05) is 0 Å². The molecule has 3 N–H and O–H groups in total. The molecule has 0 aliphatic carbocycles. The molecule has 0 aliphatic heterocycles. The molecule has 28 heavy (non-hydrogen) atoms. The summed E-state index contributed by atoms with van der Waals surface area (Å²) in [6.07, 6.45) is 2.96. The number of halogens is 4. The Morgan fingerprint density at radius 2 is 1.43 bits per heavy atom. The van der Waals surface area contributed by atoms with Crippen molar-refractivity contribution in [1.82, 2.24) is 10.2 Å². The summed E-state index contributed by atoms with van der Waals surface area (Å²) in [4.78, 5) is 4.22. The van der Waals surface area contributed by atoms with Crippen molar-refractivity contribution >= 4 is 97.7 Å². The fourth-order valence-corrected chi connectivity index (χ4v) is 5.02. The van der Waals surface area contributed by atoms with E-state index >= 15 is 0 Å². The highest BCUT2D eigenvalue weighted by atomic mass is 79.9. The van der Waals surface area contributed by atoms with E-state index in [1.54, 1.807) is 24.3 Å². The Hall–Kier alpha value is -1.34. The number of phenolic OH excluding ortho intramolecular Hbond substituents is 2. The molecule has 0 aliphatic rings. The first-order valence-electron chi connectivity index (χ1n) is 7.36. The van der Waals surface area contributed by atoms with Crippen LogP contribution in [0.5, 0.6) is 11.5 Å². The van der Waals surface area contributed by atoms with Crippen LogP contribution in [0.3, 0.4) is 0 Å². The van der Waals surface area contributed by atoms with Gasteiger partial charge in [0.05, 0.1) is 15.2 Å². The third kappa shape index (κ3) is 5.38. The lowest BCUT2D eigenvalue weighted by atomic mass is 10.2. The molecule has 1 heterocycles. The van der Waals surface area contributed by atoms with Crippen molar-refractivity contribution in [2.24, 2.45) is 10.1 Å². The van der Waals surface area contributed by atoms with Crippen LogP contribution in [0.1, 0.15) is 11.1 Å². The van der Waals surface area contributed by atoms with Gasteiger partial charge in [0.25, 0.3) is 0 Å². The Morgan fingerprint density at radius 3 is 2.04 bits per heavy atom. The Morgan fingerprint density at radius 1 is 0.857 bits per heavy atom. The van der Waals surface area contributed by atoms with Crippen LogP contribution < -0.4 is 5.43 Å². The minimum atomic E-state index is 0.0799. The number of aliphatic imine (C=N–C) groups is 1. The zero-order chi connectivity index (χ0) is 20.3. The minimum Gasteiger partial charge on any atom is -0.506 e. The quantitative estimate of drug-likeness (QED) is 0.225. The Bertz CT molecular complexity index is 1090. The summed E-state index contributed by atoms with van der Waals surface area (Å²) in [5, 5.41) is 32.8. The van der Waals surface area contributed by atoms with Gasteiger partial charge in [-0.1, -0.05) is 43.2 Å². The maximum Gasteiger partial charge on any atom is 0.233 e. The van der Waals surface area contributed by atoms with Gasteiger partial charge < -0.3 is 10.2 Å². The molecule has 0 bridgehead atoms. The van der Waals surface area contributed by atoms with Gasteiger partial charge in [-0.3, -0.25) is 5.43 Å². The second-order valence-corrected chi connectivity index (χ2v) is 9.66. The molecule has 0 unspecified atom stereocenters. The van der Waals surface area contributed by atoms with Crippen LogP contribution in [-0.2, 0) is 0 Å². The first kappa shape index (κ1) is 21.4. The fourth-order valence-electron chi connectivity index (χ4n) is 1.96. The third-order valence-corrected chi connectivity index (χ3v) is 6.07. The number of rotatable bonds is 5. The van der Waals surface area contributed by atoms with Gasteiger partial charge in [0, 0.05) is 26.3 Å². The molecular formula is C16H9Br4N5O2S. The molecule has 0 saturated heterocycles. The van der Waals surface area contributed by atoms with E-state index in [2.05, 4.69) is 89.4 Å². The van der Waals surface area contributed by atoms with E-state index < -0.39 is 0 Å². The summed E-state index contributed by atoms with van der Waals surface area (Å²) in [6, 6.07) is 6.93. The van der Waals surface area contributed by atoms with E-state index in [4.69, 9.17) is 0 Å². The van der Waals surface area contributed by atoms with Crippen molar-refractivity contribution in [3.8, 4) is 11.5 Å². The Balaban J connectivity index is 1.70. The largest absolute Gasteiger partial charge is 0.506 e. The van der Waals surface area contributed by atoms with Crippen molar-refractivity contribution in [1.29, 1.82) is 0 Å². The van der Waals surface area contributed by atoms with Crippen molar-refractivity contribution in [3.05, 3.63) is 53.3 Å². The molecule has 0 spiro atoms. The summed E-state index contributed by atoms with van der Waals surface area (Å²) < 4.78 is 2.71. The van der Waals surface area contributed by atoms with Gasteiger partial charge in [0.15, 0.2) is 0 Å². The second kappa shape index (κ2) is 9.44. The SMILES string of the molecule is Oc1c(Br)cc(Br)cc1C=NNc1nnc(N=Cc2cc(Br)cc(Br)c2O)s1. The summed E-state index contributed by atoms with van der Waals surface area (Å²) in [7, 11) is 0. The molecule has 12 heteroatoms. The minimum absolute atomic E-state index is 0.0799. The third-order valence-electron chi connectivity index (χ3n) is 3.21. The number of phenols is 2. The monoisotopic (exact) mass is 651 g/mol. The predicted octanol–water partition coefficient (Wildman–Crippen LogP) is 6.20. The molecule has 0 radical (unpaired) electrons. The fraction of sp³-hybridized carbons (Fsp3) is 0. The molecule has 3 aromatic rings. The molecule has 0 fully saturated rings. The number of benzene rings is 2. The van der Waals surface area contributed by atoms with Gasteiger partial charge in [-0.05, 0) is 56.1 Å². The highest BCUT2D eigenvalue weighted by Crippen LogP contribution is 2.32. The molecule has 3 rings (SSSR count). The van der Waals surface area contributed by atoms with E-state index in [0.29, 0.717) is 30.3 Å². The average molecular weight is 655 g/mol. The first-order chi connectivity index (χ1) is 13.3. The normalized spacial score (nSPS) is 11.6. The summed E-state index contributed by atoms with van der Waals surface area (Å²) >= 11 is 14.4. The van der Waals surface area contributed by atoms with Crippen LogP contribution in [0, 0.1) is 0 Å². The van der Waals surface area contributed by atoms with E-state index in [1.165, 1.54) is 23.8 Å². The van der Waals surface area contributed by atoms with E-state index in [0.717, 1.165) is 8.95 Å². The highest BCUT2D eigenvalue weighted by Gasteiger charge is 2.07. The molecule has 0 amide bonds. The molecule has 0 atom stereocenters. The first-order valence-corrected chi connectivity index (χ1v) is 11.3. The van der Waals surface area contributed by atoms with Crippen molar-refractivity contribution < 1.29 is 10.2 Å². The number of hydrazone groups is 1. The molecule has 7 nitrogen and oxygen atoms in total.